The minimum atomic E-state index is -0.103. The molecule has 3 nitrogen and oxygen atoms in total. The predicted molar refractivity (Wildman–Crippen MR) is 108 cm³/mol. The normalized spacial score (nSPS) is 16.0. The molecule has 0 bridgehead atoms. The lowest BCUT2D eigenvalue weighted by Gasteiger charge is -2.10. The molecule has 0 spiro atoms. The van der Waals surface area contributed by atoms with Crippen molar-refractivity contribution in [1.82, 2.24) is 4.90 Å². The van der Waals surface area contributed by atoms with Gasteiger partial charge in [0.2, 0.25) is 0 Å². The average molecular weight is 410 g/mol. The number of carbonyl (C=O) groups excluding carboxylic acids is 1. The standard InChI is InChI=1S/C18H13Cl2NO2S2/c1-21-17(22)16(25-18(21)24)9-12-4-2-3-5-15(12)23-10-11-6-7-13(19)14(20)8-11/h2-9H,10H2,1H3/b16-9-. The van der Waals surface area contributed by atoms with E-state index in [1.807, 2.05) is 30.3 Å². The predicted octanol–water partition coefficient (Wildman–Crippen LogP) is 5.40. The Hall–Kier alpha value is -1.53. The number of halogens is 2. The summed E-state index contributed by atoms with van der Waals surface area (Å²) in [6, 6.07) is 12.9. The van der Waals surface area contributed by atoms with Gasteiger partial charge in [-0.05, 0) is 29.8 Å². The fourth-order valence-corrected chi connectivity index (χ4v) is 3.70. The summed E-state index contributed by atoms with van der Waals surface area (Å²) < 4.78 is 6.45. The maximum absolute atomic E-state index is 12.2. The Morgan fingerprint density at radius 1 is 1.20 bits per heavy atom. The van der Waals surface area contributed by atoms with Crippen LogP contribution < -0.4 is 4.74 Å². The topological polar surface area (TPSA) is 29.5 Å². The number of likely N-dealkylation sites (N-methyl/N-ethyl adjacent to an activating group) is 1. The first kappa shape index (κ1) is 18.3. The fourth-order valence-electron chi connectivity index (χ4n) is 2.21. The Morgan fingerprint density at radius 2 is 1.96 bits per heavy atom. The molecule has 1 aliphatic rings. The molecule has 25 heavy (non-hydrogen) atoms. The van der Waals surface area contributed by atoms with E-state index in [-0.39, 0.29) is 5.91 Å². The Bertz CT molecular complexity index is 883. The van der Waals surface area contributed by atoms with Gasteiger partial charge >= 0.3 is 0 Å². The number of rotatable bonds is 4. The number of para-hydroxylation sites is 1. The summed E-state index contributed by atoms with van der Waals surface area (Å²) in [6.45, 7) is 0.344. The fraction of sp³-hybridized carbons (Fsp3) is 0.111. The zero-order chi connectivity index (χ0) is 18.0. The second-order valence-corrected chi connectivity index (χ2v) is 7.81. The summed E-state index contributed by atoms with van der Waals surface area (Å²) in [5.74, 6) is 0.573. The van der Waals surface area contributed by atoms with Crippen molar-refractivity contribution in [1.29, 1.82) is 0 Å². The van der Waals surface area contributed by atoms with Gasteiger partial charge in [0.05, 0.1) is 15.0 Å². The Morgan fingerprint density at radius 3 is 2.64 bits per heavy atom. The molecule has 3 rings (SSSR count). The molecule has 128 valence electrons. The van der Waals surface area contributed by atoms with Crippen molar-refractivity contribution in [3.63, 3.8) is 0 Å². The molecule has 1 aliphatic heterocycles. The number of ether oxygens (including phenoxy) is 1. The third-order valence-electron chi connectivity index (χ3n) is 3.57. The van der Waals surface area contributed by atoms with Crippen LogP contribution in [0.5, 0.6) is 5.75 Å². The molecule has 2 aromatic rings. The van der Waals surface area contributed by atoms with E-state index >= 15 is 0 Å². The molecule has 1 heterocycles. The van der Waals surface area contributed by atoms with Crippen LogP contribution >= 0.6 is 47.2 Å². The average Bonchev–Trinajstić information content (AvgIpc) is 2.84. The number of carbonyl (C=O) groups is 1. The van der Waals surface area contributed by atoms with Crippen LogP contribution in [0.1, 0.15) is 11.1 Å². The molecule has 7 heteroatoms. The van der Waals surface area contributed by atoms with Crippen LogP contribution in [0, 0.1) is 0 Å². The third kappa shape index (κ3) is 4.18. The molecule has 0 unspecified atom stereocenters. The summed E-state index contributed by atoms with van der Waals surface area (Å²) in [4.78, 5) is 14.2. The van der Waals surface area contributed by atoms with Crippen molar-refractivity contribution in [3.05, 3.63) is 68.5 Å². The second kappa shape index (κ2) is 7.79. The number of nitrogens with zero attached hydrogens (tertiary/aromatic N) is 1. The Balaban J connectivity index is 1.81. The highest BCUT2D eigenvalue weighted by molar-refractivity contribution is 8.26. The molecule has 0 aliphatic carbocycles. The number of hydrogen-bond donors (Lipinski definition) is 0. The van der Waals surface area contributed by atoms with Gasteiger partial charge < -0.3 is 4.74 Å². The van der Waals surface area contributed by atoms with Gasteiger partial charge in [-0.2, -0.15) is 0 Å². The first-order valence-electron chi connectivity index (χ1n) is 7.33. The summed E-state index contributed by atoms with van der Waals surface area (Å²) in [5, 5.41) is 0.995. The van der Waals surface area contributed by atoms with Gasteiger partial charge in [0.15, 0.2) is 0 Å². The lowest BCUT2D eigenvalue weighted by atomic mass is 10.1. The van der Waals surface area contributed by atoms with E-state index in [0.717, 1.165) is 11.1 Å². The monoisotopic (exact) mass is 409 g/mol. The van der Waals surface area contributed by atoms with Crippen LogP contribution in [-0.4, -0.2) is 22.2 Å². The highest BCUT2D eigenvalue weighted by Gasteiger charge is 2.28. The molecule has 0 N–H and O–H groups in total. The lowest BCUT2D eigenvalue weighted by molar-refractivity contribution is -0.121. The van der Waals surface area contributed by atoms with Crippen molar-refractivity contribution >= 4 is 63.5 Å². The number of thioether (sulfide) groups is 1. The van der Waals surface area contributed by atoms with Crippen molar-refractivity contribution in [2.45, 2.75) is 6.61 Å². The van der Waals surface area contributed by atoms with E-state index in [9.17, 15) is 4.79 Å². The highest BCUT2D eigenvalue weighted by Crippen LogP contribution is 2.33. The van der Waals surface area contributed by atoms with E-state index < -0.39 is 0 Å². The number of amides is 1. The minimum absolute atomic E-state index is 0.103. The van der Waals surface area contributed by atoms with Crippen molar-refractivity contribution in [3.8, 4) is 5.75 Å². The van der Waals surface area contributed by atoms with Gasteiger partial charge in [0, 0.05) is 12.6 Å². The third-order valence-corrected chi connectivity index (χ3v) is 5.79. The summed E-state index contributed by atoms with van der Waals surface area (Å²) >= 11 is 18.4. The summed E-state index contributed by atoms with van der Waals surface area (Å²) in [6.07, 6.45) is 1.80. The van der Waals surface area contributed by atoms with Gasteiger partial charge in [-0.1, -0.05) is 71.4 Å². The maximum Gasteiger partial charge on any atom is 0.265 e. The van der Waals surface area contributed by atoms with E-state index in [0.29, 0.717) is 31.6 Å². The quantitative estimate of drug-likeness (QED) is 0.499. The molecule has 0 aromatic heterocycles. The smallest absolute Gasteiger partial charge is 0.265 e. The highest BCUT2D eigenvalue weighted by atomic mass is 35.5. The van der Waals surface area contributed by atoms with Crippen LogP contribution in [0.3, 0.4) is 0 Å². The molecule has 0 saturated carbocycles. The lowest BCUT2D eigenvalue weighted by Crippen LogP contribution is -2.22. The number of benzene rings is 2. The zero-order valence-corrected chi connectivity index (χ0v) is 16.3. The molecular weight excluding hydrogens is 397 g/mol. The minimum Gasteiger partial charge on any atom is -0.488 e. The second-order valence-electron chi connectivity index (χ2n) is 5.32. The van der Waals surface area contributed by atoms with E-state index in [2.05, 4.69) is 0 Å². The molecule has 0 atom stereocenters. The van der Waals surface area contributed by atoms with Crippen LogP contribution in [0.25, 0.3) is 6.08 Å². The van der Waals surface area contributed by atoms with Gasteiger partial charge in [0.25, 0.3) is 5.91 Å². The van der Waals surface area contributed by atoms with E-state index in [4.69, 9.17) is 40.2 Å². The van der Waals surface area contributed by atoms with Gasteiger partial charge in [0.1, 0.15) is 16.7 Å². The van der Waals surface area contributed by atoms with Crippen molar-refractivity contribution in [2.24, 2.45) is 0 Å². The molecule has 2 aromatic carbocycles. The number of thiocarbonyl (C=S) groups is 1. The Labute approximate surface area is 165 Å². The molecule has 0 radical (unpaired) electrons. The van der Waals surface area contributed by atoms with Crippen molar-refractivity contribution in [2.75, 3.05) is 7.05 Å². The SMILES string of the molecule is CN1C(=O)/C(=C/c2ccccc2OCc2ccc(Cl)c(Cl)c2)SC1=S. The molecule has 1 amide bonds. The van der Waals surface area contributed by atoms with Gasteiger partial charge in [-0.3, -0.25) is 9.69 Å². The van der Waals surface area contributed by atoms with Crippen molar-refractivity contribution < 1.29 is 9.53 Å². The molecule has 1 saturated heterocycles. The van der Waals surface area contributed by atoms with Crippen LogP contribution in [0.2, 0.25) is 10.0 Å². The van der Waals surface area contributed by atoms with E-state index in [1.165, 1.54) is 16.7 Å². The van der Waals surface area contributed by atoms with Crippen LogP contribution in [-0.2, 0) is 11.4 Å². The first-order valence-corrected chi connectivity index (χ1v) is 9.31. The largest absolute Gasteiger partial charge is 0.488 e. The van der Waals surface area contributed by atoms with Crippen LogP contribution in [0.15, 0.2) is 47.4 Å². The molecule has 1 fully saturated rings. The van der Waals surface area contributed by atoms with Crippen LogP contribution in [0.4, 0.5) is 0 Å². The summed E-state index contributed by atoms with van der Waals surface area (Å²) in [5.41, 5.74) is 1.72. The van der Waals surface area contributed by atoms with E-state index in [1.54, 1.807) is 25.3 Å². The molecular formula is C18H13Cl2NO2S2. The summed E-state index contributed by atoms with van der Waals surface area (Å²) in [7, 11) is 1.67. The van der Waals surface area contributed by atoms with Gasteiger partial charge in [-0.15, -0.1) is 0 Å². The Kier molecular flexibility index (Phi) is 5.69. The maximum atomic E-state index is 12.2. The first-order chi connectivity index (χ1) is 12.0. The van der Waals surface area contributed by atoms with Gasteiger partial charge in [-0.25, -0.2) is 0 Å². The zero-order valence-electron chi connectivity index (χ0n) is 13.2. The number of hydrogen-bond acceptors (Lipinski definition) is 4.